The molecule has 2 heterocycles. The number of imide groups is 1. The predicted octanol–water partition coefficient (Wildman–Crippen LogP) is 4.09. The van der Waals surface area contributed by atoms with Crippen LogP contribution in [0.4, 0.5) is 21.5 Å². The van der Waals surface area contributed by atoms with Crippen molar-refractivity contribution in [3.63, 3.8) is 0 Å². The molecule has 0 saturated carbocycles. The highest BCUT2D eigenvalue weighted by Crippen LogP contribution is 2.48. The molecule has 2 saturated heterocycles. The number of aryl methyl sites for hydroxylation is 1. The Morgan fingerprint density at radius 2 is 1.64 bits per heavy atom. The normalized spacial score (nSPS) is 22.1. The monoisotopic (exact) mass is 447 g/mol. The Bertz CT molecular complexity index is 1260. The summed E-state index contributed by atoms with van der Waals surface area (Å²) in [6.07, 6.45) is -1.12. The maximum atomic E-state index is 13.5. The van der Waals surface area contributed by atoms with Gasteiger partial charge in [0.2, 0.25) is 5.91 Å². The number of halogens is 1. The molecular formula is C24H18FN3O5. The van der Waals surface area contributed by atoms with E-state index < -0.39 is 40.6 Å². The number of anilines is 2. The van der Waals surface area contributed by atoms with E-state index in [0.717, 1.165) is 16.0 Å². The molecule has 166 valence electrons. The first-order chi connectivity index (χ1) is 15.8. The van der Waals surface area contributed by atoms with Gasteiger partial charge in [-0.25, -0.2) is 14.4 Å². The van der Waals surface area contributed by atoms with Crippen LogP contribution in [0.25, 0.3) is 0 Å². The first-order valence-corrected chi connectivity index (χ1v) is 10.3. The number of carbonyl (C=O) groups excluding carboxylic acids is 2. The number of nitro benzene ring substituents is 1. The van der Waals surface area contributed by atoms with E-state index in [0.29, 0.717) is 5.69 Å². The zero-order chi connectivity index (χ0) is 23.3. The standard InChI is InChI=1S/C24H18FN3O5/c1-14-5-7-15(8-6-14)21-20-22(33-27(21)18-3-2-4-19(13-18)28(31)32)24(30)26(23(20)29)17-11-9-16(25)10-12-17/h2-13,20-22H,1H3/t20-,21-,22-/m1/s1. The molecule has 8 nitrogen and oxygen atoms in total. The Kier molecular flexibility index (Phi) is 4.90. The quantitative estimate of drug-likeness (QED) is 0.340. The molecule has 33 heavy (non-hydrogen) atoms. The molecule has 0 aromatic heterocycles. The van der Waals surface area contributed by atoms with Crippen molar-refractivity contribution in [2.75, 3.05) is 9.96 Å². The third kappa shape index (κ3) is 3.42. The van der Waals surface area contributed by atoms with Crippen molar-refractivity contribution in [3.05, 3.63) is 99.9 Å². The fourth-order valence-corrected chi connectivity index (χ4v) is 4.33. The Morgan fingerprint density at radius 3 is 2.30 bits per heavy atom. The van der Waals surface area contributed by atoms with Gasteiger partial charge in [-0.05, 0) is 42.8 Å². The van der Waals surface area contributed by atoms with E-state index in [1.165, 1.54) is 47.5 Å². The first-order valence-electron chi connectivity index (χ1n) is 10.3. The third-order valence-corrected chi connectivity index (χ3v) is 5.91. The maximum Gasteiger partial charge on any atom is 0.271 e. The lowest BCUT2D eigenvalue weighted by Crippen LogP contribution is -2.37. The van der Waals surface area contributed by atoms with E-state index in [2.05, 4.69) is 0 Å². The summed E-state index contributed by atoms with van der Waals surface area (Å²) in [4.78, 5) is 44.5. The topological polar surface area (TPSA) is 93.0 Å². The summed E-state index contributed by atoms with van der Waals surface area (Å²) in [5.41, 5.74) is 2.22. The first kappa shape index (κ1) is 20.8. The Labute approximate surface area is 187 Å². The van der Waals surface area contributed by atoms with Gasteiger partial charge in [0.25, 0.3) is 11.6 Å². The van der Waals surface area contributed by atoms with Crippen LogP contribution < -0.4 is 9.96 Å². The van der Waals surface area contributed by atoms with Gasteiger partial charge in [0, 0.05) is 12.1 Å². The highest BCUT2D eigenvalue weighted by atomic mass is 19.1. The molecule has 3 atom stereocenters. The van der Waals surface area contributed by atoms with Gasteiger partial charge in [-0.15, -0.1) is 0 Å². The number of carbonyl (C=O) groups is 2. The SMILES string of the molecule is Cc1ccc([C@@H]2[C@H]3C(=O)N(c4ccc(F)cc4)C(=O)[C@@H]3ON2c2cccc([N+](=O)[O-])c2)cc1. The predicted molar refractivity (Wildman–Crippen MR) is 117 cm³/mol. The number of nitrogens with zero attached hydrogens (tertiary/aromatic N) is 3. The van der Waals surface area contributed by atoms with Crippen molar-refractivity contribution in [3.8, 4) is 0 Å². The van der Waals surface area contributed by atoms with Gasteiger partial charge < -0.3 is 0 Å². The third-order valence-electron chi connectivity index (χ3n) is 5.91. The summed E-state index contributed by atoms with van der Waals surface area (Å²) in [5, 5.41) is 12.7. The van der Waals surface area contributed by atoms with Gasteiger partial charge >= 0.3 is 0 Å². The molecular weight excluding hydrogens is 429 g/mol. The van der Waals surface area contributed by atoms with Crippen LogP contribution in [0.5, 0.6) is 0 Å². The van der Waals surface area contributed by atoms with E-state index in [-0.39, 0.29) is 11.4 Å². The van der Waals surface area contributed by atoms with Gasteiger partial charge in [0.15, 0.2) is 6.10 Å². The highest BCUT2D eigenvalue weighted by Gasteiger charge is 2.60. The minimum Gasteiger partial charge on any atom is -0.273 e. The Morgan fingerprint density at radius 1 is 0.939 bits per heavy atom. The zero-order valence-electron chi connectivity index (χ0n) is 17.4. The molecule has 3 aromatic carbocycles. The molecule has 2 aliphatic rings. The van der Waals surface area contributed by atoms with E-state index >= 15 is 0 Å². The van der Waals surface area contributed by atoms with Crippen molar-refractivity contribution in [1.29, 1.82) is 0 Å². The summed E-state index contributed by atoms with van der Waals surface area (Å²) >= 11 is 0. The summed E-state index contributed by atoms with van der Waals surface area (Å²) in [6.45, 7) is 1.93. The summed E-state index contributed by atoms with van der Waals surface area (Å²) in [5.74, 6) is -2.41. The lowest BCUT2D eigenvalue weighted by atomic mass is 9.90. The molecule has 2 aliphatic heterocycles. The number of amides is 2. The molecule has 0 spiro atoms. The average Bonchev–Trinajstić information content (AvgIpc) is 3.31. The van der Waals surface area contributed by atoms with Crippen LogP contribution in [0.1, 0.15) is 17.2 Å². The van der Waals surface area contributed by atoms with E-state index in [9.17, 15) is 24.1 Å². The number of non-ortho nitro benzene ring substituents is 1. The smallest absolute Gasteiger partial charge is 0.271 e. The van der Waals surface area contributed by atoms with Crippen molar-refractivity contribution in [1.82, 2.24) is 0 Å². The van der Waals surface area contributed by atoms with Crippen molar-refractivity contribution in [2.24, 2.45) is 5.92 Å². The van der Waals surface area contributed by atoms with Crippen molar-refractivity contribution in [2.45, 2.75) is 19.1 Å². The Hall–Kier alpha value is -4.11. The van der Waals surface area contributed by atoms with Gasteiger partial charge in [0.05, 0.1) is 22.3 Å². The van der Waals surface area contributed by atoms with E-state index in [4.69, 9.17) is 4.84 Å². The second-order valence-electron chi connectivity index (χ2n) is 8.00. The lowest BCUT2D eigenvalue weighted by molar-refractivity contribution is -0.384. The molecule has 0 bridgehead atoms. The molecule has 5 rings (SSSR count). The van der Waals surface area contributed by atoms with Crippen LogP contribution in [0.3, 0.4) is 0 Å². The van der Waals surface area contributed by atoms with Crippen LogP contribution in [0, 0.1) is 28.8 Å². The summed E-state index contributed by atoms with van der Waals surface area (Å²) in [7, 11) is 0. The minimum atomic E-state index is -1.12. The highest BCUT2D eigenvalue weighted by molar-refractivity contribution is 6.23. The Balaban J connectivity index is 1.59. The second-order valence-corrected chi connectivity index (χ2v) is 8.00. The largest absolute Gasteiger partial charge is 0.273 e. The van der Waals surface area contributed by atoms with E-state index in [1.54, 1.807) is 6.07 Å². The number of nitro groups is 1. The average molecular weight is 447 g/mol. The number of benzene rings is 3. The molecule has 0 unspecified atom stereocenters. The molecule has 2 amide bonds. The number of hydrogen-bond donors (Lipinski definition) is 0. The number of hydroxylamine groups is 1. The van der Waals surface area contributed by atoms with Crippen LogP contribution in [0.15, 0.2) is 72.8 Å². The summed E-state index contributed by atoms with van der Waals surface area (Å²) in [6, 6.07) is 17.7. The molecule has 2 fully saturated rings. The summed E-state index contributed by atoms with van der Waals surface area (Å²) < 4.78 is 13.4. The number of fused-ring (bicyclic) bond motifs is 1. The molecule has 0 N–H and O–H groups in total. The maximum absolute atomic E-state index is 13.5. The molecule has 9 heteroatoms. The fourth-order valence-electron chi connectivity index (χ4n) is 4.33. The van der Waals surface area contributed by atoms with E-state index in [1.807, 2.05) is 31.2 Å². The van der Waals surface area contributed by atoms with Gasteiger partial charge in [-0.1, -0.05) is 35.9 Å². The van der Waals surface area contributed by atoms with Crippen LogP contribution in [-0.4, -0.2) is 22.8 Å². The van der Waals surface area contributed by atoms with Crippen LogP contribution in [0.2, 0.25) is 0 Å². The van der Waals surface area contributed by atoms with Crippen LogP contribution in [-0.2, 0) is 14.4 Å². The lowest BCUT2D eigenvalue weighted by Gasteiger charge is -2.28. The van der Waals surface area contributed by atoms with Crippen molar-refractivity contribution >= 4 is 28.9 Å². The van der Waals surface area contributed by atoms with Crippen molar-refractivity contribution < 1.29 is 23.7 Å². The zero-order valence-corrected chi connectivity index (χ0v) is 17.4. The van der Waals surface area contributed by atoms with Gasteiger partial charge in [-0.3, -0.25) is 24.5 Å². The fraction of sp³-hybridized carbons (Fsp3) is 0.167. The molecule has 0 radical (unpaired) electrons. The molecule has 3 aromatic rings. The number of rotatable bonds is 4. The second kappa shape index (κ2) is 7.79. The minimum absolute atomic E-state index is 0.138. The number of hydrogen-bond acceptors (Lipinski definition) is 6. The van der Waals surface area contributed by atoms with Crippen LogP contribution >= 0.6 is 0 Å². The molecule has 0 aliphatic carbocycles. The van der Waals surface area contributed by atoms with Gasteiger partial charge in [-0.2, -0.15) is 0 Å². The van der Waals surface area contributed by atoms with Gasteiger partial charge in [0.1, 0.15) is 11.7 Å².